The molecule has 0 aromatic heterocycles. The van der Waals surface area contributed by atoms with E-state index in [1.54, 1.807) is 6.07 Å². The van der Waals surface area contributed by atoms with Gasteiger partial charge < -0.3 is 10.1 Å². The van der Waals surface area contributed by atoms with Crippen LogP contribution in [0.3, 0.4) is 0 Å². The summed E-state index contributed by atoms with van der Waals surface area (Å²) < 4.78 is 72.4. The van der Waals surface area contributed by atoms with E-state index in [-0.39, 0.29) is 23.2 Å². The highest BCUT2D eigenvalue weighted by Gasteiger charge is 2.35. The number of nitrogens with zero attached hydrogens (tertiary/aromatic N) is 1. The summed E-state index contributed by atoms with van der Waals surface area (Å²) >= 11 is 5.66. The minimum Gasteiger partial charge on any atom is -0.376 e. The van der Waals surface area contributed by atoms with Crippen molar-refractivity contribution in [2.24, 2.45) is 0 Å². The number of anilines is 1. The zero-order chi connectivity index (χ0) is 22.6. The number of carbonyl (C=O) groups is 1. The largest absolute Gasteiger partial charge is 0.417 e. The maximum atomic E-state index is 13.3. The number of sulfonamides is 1. The topological polar surface area (TPSA) is 75.7 Å². The monoisotopic (exact) mass is 476 g/mol. The third-order valence-corrected chi connectivity index (χ3v) is 6.83. The molecule has 3 rings (SSSR count). The highest BCUT2D eigenvalue weighted by Crippen LogP contribution is 2.38. The molecule has 0 bridgehead atoms. The normalized spacial score (nSPS) is 16.8. The van der Waals surface area contributed by atoms with Gasteiger partial charge in [0.2, 0.25) is 5.91 Å². The van der Waals surface area contributed by atoms with Crippen molar-refractivity contribution in [3.05, 3.63) is 59.1 Å². The van der Waals surface area contributed by atoms with Crippen LogP contribution >= 0.6 is 11.6 Å². The van der Waals surface area contributed by atoms with Gasteiger partial charge in [-0.3, -0.25) is 9.10 Å². The quantitative estimate of drug-likeness (QED) is 0.658. The zero-order valence-corrected chi connectivity index (χ0v) is 17.8. The third kappa shape index (κ3) is 5.69. The Kier molecular flexibility index (Phi) is 7.13. The lowest BCUT2D eigenvalue weighted by atomic mass is 10.2. The standard InChI is InChI=1S/C20H20ClF3N2O4S/c21-18-9-8-14(11-17(18)20(22,23)24)26(31(28,29)16-6-2-1-3-7-16)13-19(27)25-12-15-5-4-10-30-15/h1-3,6-9,11,15H,4-5,10,12-13H2,(H,25,27)/t15-/m1/s1. The summed E-state index contributed by atoms with van der Waals surface area (Å²) in [7, 11) is -4.33. The minimum atomic E-state index is -4.79. The van der Waals surface area contributed by atoms with Gasteiger partial charge in [0.1, 0.15) is 6.54 Å². The summed E-state index contributed by atoms with van der Waals surface area (Å²) in [5, 5.41) is 2.01. The lowest BCUT2D eigenvalue weighted by molar-refractivity contribution is -0.137. The highest BCUT2D eigenvalue weighted by molar-refractivity contribution is 7.92. The van der Waals surface area contributed by atoms with Crippen LogP contribution in [0.2, 0.25) is 5.02 Å². The van der Waals surface area contributed by atoms with E-state index in [9.17, 15) is 26.4 Å². The number of hydrogen-bond donors (Lipinski definition) is 1. The van der Waals surface area contributed by atoms with Crippen molar-refractivity contribution in [2.75, 3.05) is 24.0 Å². The zero-order valence-electron chi connectivity index (χ0n) is 16.2. The molecule has 0 saturated carbocycles. The highest BCUT2D eigenvalue weighted by atomic mass is 35.5. The van der Waals surface area contributed by atoms with Crippen LogP contribution in [0, 0.1) is 0 Å². The second-order valence-electron chi connectivity index (χ2n) is 6.93. The smallest absolute Gasteiger partial charge is 0.376 e. The summed E-state index contributed by atoms with van der Waals surface area (Å²) in [6.45, 7) is 0.0649. The molecular weight excluding hydrogens is 457 g/mol. The van der Waals surface area contributed by atoms with Crippen molar-refractivity contribution < 1.29 is 31.1 Å². The van der Waals surface area contributed by atoms with Crippen LogP contribution in [0.5, 0.6) is 0 Å². The molecule has 6 nitrogen and oxygen atoms in total. The Balaban J connectivity index is 1.94. The third-order valence-electron chi connectivity index (χ3n) is 4.71. The predicted molar refractivity (Wildman–Crippen MR) is 109 cm³/mol. The summed E-state index contributed by atoms with van der Waals surface area (Å²) in [4.78, 5) is 12.3. The van der Waals surface area contributed by atoms with E-state index >= 15 is 0 Å². The SMILES string of the molecule is O=C(CN(c1ccc(Cl)c(C(F)(F)F)c1)S(=O)(=O)c1ccccc1)NC[C@H]1CCCO1. The Bertz CT molecular complexity index is 1030. The van der Waals surface area contributed by atoms with Crippen LogP contribution in [0.4, 0.5) is 18.9 Å². The van der Waals surface area contributed by atoms with E-state index in [4.69, 9.17) is 16.3 Å². The number of ether oxygens (including phenoxy) is 1. The van der Waals surface area contributed by atoms with Gasteiger partial charge in [-0.25, -0.2) is 8.42 Å². The molecule has 2 aromatic rings. The second kappa shape index (κ2) is 9.46. The van der Waals surface area contributed by atoms with Gasteiger partial charge in [-0.05, 0) is 43.2 Å². The van der Waals surface area contributed by atoms with Gasteiger partial charge in [-0.2, -0.15) is 13.2 Å². The van der Waals surface area contributed by atoms with Gasteiger partial charge in [-0.1, -0.05) is 29.8 Å². The van der Waals surface area contributed by atoms with E-state index in [0.29, 0.717) is 17.0 Å². The van der Waals surface area contributed by atoms with Crippen LogP contribution < -0.4 is 9.62 Å². The van der Waals surface area contributed by atoms with E-state index in [1.807, 2.05) is 0 Å². The van der Waals surface area contributed by atoms with Gasteiger partial charge in [0.15, 0.2) is 0 Å². The lowest BCUT2D eigenvalue weighted by Crippen LogP contribution is -2.43. The lowest BCUT2D eigenvalue weighted by Gasteiger charge is -2.25. The number of carbonyl (C=O) groups excluding carboxylic acids is 1. The Morgan fingerprint density at radius 2 is 1.90 bits per heavy atom. The number of hydrogen-bond acceptors (Lipinski definition) is 4. The van der Waals surface area contributed by atoms with Crippen LogP contribution in [0.1, 0.15) is 18.4 Å². The van der Waals surface area contributed by atoms with Crippen LogP contribution in [0.25, 0.3) is 0 Å². The molecule has 11 heteroatoms. The molecule has 1 N–H and O–H groups in total. The molecule has 1 saturated heterocycles. The molecule has 1 atom stereocenters. The van der Waals surface area contributed by atoms with Crippen molar-refractivity contribution in [3.8, 4) is 0 Å². The Hall–Kier alpha value is -2.30. The first-order chi connectivity index (χ1) is 14.6. The number of amides is 1. The molecule has 31 heavy (non-hydrogen) atoms. The van der Waals surface area contributed by atoms with Crippen molar-refractivity contribution in [1.82, 2.24) is 5.32 Å². The number of rotatable bonds is 7. The molecule has 0 spiro atoms. The molecule has 2 aromatic carbocycles. The number of nitrogens with one attached hydrogen (secondary N) is 1. The van der Waals surface area contributed by atoms with Gasteiger partial charge in [-0.15, -0.1) is 0 Å². The van der Waals surface area contributed by atoms with E-state index in [2.05, 4.69) is 5.32 Å². The number of alkyl halides is 3. The maximum absolute atomic E-state index is 13.3. The summed E-state index contributed by atoms with van der Waals surface area (Å²) in [6.07, 6.45) is -3.34. The van der Waals surface area contributed by atoms with Gasteiger partial charge >= 0.3 is 6.18 Å². The fourth-order valence-electron chi connectivity index (χ4n) is 3.14. The van der Waals surface area contributed by atoms with Crippen LogP contribution in [-0.2, 0) is 25.7 Å². The average molecular weight is 477 g/mol. The number of benzene rings is 2. The number of halogens is 4. The molecule has 1 amide bonds. The summed E-state index contributed by atoms with van der Waals surface area (Å²) in [5.41, 5.74) is -1.52. The fraction of sp³-hybridized carbons (Fsp3) is 0.350. The average Bonchev–Trinajstić information content (AvgIpc) is 3.24. The van der Waals surface area contributed by atoms with Gasteiger partial charge in [0, 0.05) is 13.2 Å². The molecule has 1 aliphatic rings. The van der Waals surface area contributed by atoms with Crippen LogP contribution in [0.15, 0.2) is 53.4 Å². The summed E-state index contributed by atoms with van der Waals surface area (Å²) in [6, 6.07) is 9.86. The predicted octanol–water partition coefficient (Wildman–Crippen LogP) is 3.85. The molecule has 1 aliphatic heterocycles. The molecule has 1 fully saturated rings. The van der Waals surface area contributed by atoms with Crippen molar-refractivity contribution in [3.63, 3.8) is 0 Å². The van der Waals surface area contributed by atoms with Crippen LogP contribution in [-0.4, -0.2) is 40.1 Å². The Labute approximate surface area is 183 Å². The fourth-order valence-corrected chi connectivity index (χ4v) is 4.80. The first-order valence-corrected chi connectivity index (χ1v) is 11.2. The molecule has 0 radical (unpaired) electrons. The summed E-state index contributed by atoms with van der Waals surface area (Å²) in [5.74, 6) is -0.668. The molecule has 0 unspecified atom stereocenters. The molecular formula is C20H20ClF3N2O4S. The van der Waals surface area contributed by atoms with E-state index < -0.39 is 39.2 Å². The van der Waals surface area contributed by atoms with E-state index in [1.165, 1.54) is 24.3 Å². The van der Waals surface area contributed by atoms with Crippen molar-refractivity contribution >= 4 is 33.2 Å². The minimum absolute atomic E-state index is 0.162. The van der Waals surface area contributed by atoms with Gasteiger partial charge in [0.25, 0.3) is 10.0 Å². The molecule has 1 heterocycles. The first kappa shape index (κ1) is 23.4. The second-order valence-corrected chi connectivity index (χ2v) is 9.20. The maximum Gasteiger partial charge on any atom is 0.417 e. The van der Waals surface area contributed by atoms with E-state index in [0.717, 1.165) is 25.0 Å². The Morgan fingerprint density at radius 3 is 2.52 bits per heavy atom. The first-order valence-electron chi connectivity index (χ1n) is 9.42. The van der Waals surface area contributed by atoms with Crippen molar-refractivity contribution in [1.29, 1.82) is 0 Å². The molecule has 168 valence electrons. The Morgan fingerprint density at radius 1 is 1.19 bits per heavy atom. The molecule has 0 aliphatic carbocycles. The van der Waals surface area contributed by atoms with Gasteiger partial charge in [0.05, 0.1) is 27.3 Å². The van der Waals surface area contributed by atoms with Crippen molar-refractivity contribution in [2.45, 2.75) is 30.0 Å².